The first-order valence-electron chi connectivity index (χ1n) is 5.22. The van der Waals surface area contributed by atoms with Crippen LogP contribution in [0.2, 0.25) is 0 Å². The second kappa shape index (κ2) is 7.09. The smallest absolute Gasteiger partial charge is 0.226 e. The van der Waals surface area contributed by atoms with E-state index in [1.54, 1.807) is 0 Å². The molecule has 0 aliphatic heterocycles. The molecule has 5 heteroatoms. The molecule has 0 spiro atoms. The molecule has 1 rings (SSSR count). The molecule has 0 heterocycles. The predicted octanol–water partition coefficient (Wildman–Crippen LogP) is 2.52. The monoisotopic (exact) mass is 230 g/mol. The normalized spacial score (nSPS) is 10.5. The van der Waals surface area contributed by atoms with Gasteiger partial charge >= 0.3 is 0 Å². The van der Waals surface area contributed by atoms with Crippen molar-refractivity contribution in [2.24, 2.45) is 5.11 Å². The van der Waals surface area contributed by atoms with E-state index in [0.717, 1.165) is 11.1 Å². The van der Waals surface area contributed by atoms with Crippen molar-refractivity contribution in [2.45, 2.75) is 6.92 Å². The van der Waals surface area contributed by atoms with Crippen LogP contribution in [0.3, 0.4) is 0 Å². The molecule has 0 saturated carbocycles. The van der Waals surface area contributed by atoms with E-state index in [1.807, 2.05) is 43.3 Å². The quantitative estimate of drug-likeness (QED) is 0.471. The average Bonchev–Trinajstić information content (AvgIpc) is 2.35. The molecule has 0 aliphatic carbocycles. The van der Waals surface area contributed by atoms with Gasteiger partial charge in [-0.1, -0.05) is 47.1 Å². The molecule has 0 saturated heterocycles. The van der Waals surface area contributed by atoms with Gasteiger partial charge in [0.1, 0.15) is 6.54 Å². The van der Waals surface area contributed by atoms with Crippen molar-refractivity contribution in [2.75, 3.05) is 13.1 Å². The van der Waals surface area contributed by atoms with Crippen LogP contribution in [0.5, 0.6) is 0 Å². The van der Waals surface area contributed by atoms with E-state index in [-0.39, 0.29) is 12.5 Å². The van der Waals surface area contributed by atoms with Crippen LogP contribution in [0.1, 0.15) is 12.5 Å². The van der Waals surface area contributed by atoms with Gasteiger partial charge in [-0.2, -0.15) is 0 Å². The number of hydrogen-bond acceptors (Lipinski definition) is 2. The molecule has 0 unspecified atom stereocenters. The zero-order chi connectivity index (χ0) is 12.5. The maximum atomic E-state index is 11.2. The summed E-state index contributed by atoms with van der Waals surface area (Å²) in [5.74, 6) is -0.274. The molecule has 0 atom stereocenters. The van der Waals surface area contributed by atoms with Gasteiger partial charge in [-0.25, -0.2) is 0 Å². The van der Waals surface area contributed by atoms with Crippen LogP contribution in [0.4, 0.5) is 0 Å². The number of nitrogens with one attached hydrogen (secondary N) is 1. The number of azide groups is 1. The number of nitrogens with zero attached hydrogens (tertiary/aromatic N) is 3. The lowest BCUT2D eigenvalue weighted by atomic mass is 10.1. The molecule has 88 valence electrons. The van der Waals surface area contributed by atoms with Crippen LogP contribution >= 0.6 is 0 Å². The molecule has 1 aromatic carbocycles. The Morgan fingerprint density at radius 2 is 2.18 bits per heavy atom. The average molecular weight is 230 g/mol. The van der Waals surface area contributed by atoms with E-state index in [2.05, 4.69) is 15.3 Å². The Balaban J connectivity index is 2.44. The minimum absolute atomic E-state index is 0.158. The van der Waals surface area contributed by atoms with Gasteiger partial charge in [0, 0.05) is 11.5 Å². The molecule has 1 amide bonds. The molecule has 17 heavy (non-hydrogen) atoms. The zero-order valence-corrected chi connectivity index (χ0v) is 9.63. The molecule has 1 N–H and O–H groups in total. The topological polar surface area (TPSA) is 77.9 Å². The lowest BCUT2D eigenvalue weighted by molar-refractivity contribution is -0.119. The first-order valence-corrected chi connectivity index (χ1v) is 5.22. The van der Waals surface area contributed by atoms with Crippen LogP contribution in [0.25, 0.3) is 16.5 Å². The van der Waals surface area contributed by atoms with E-state index in [0.29, 0.717) is 6.54 Å². The summed E-state index contributed by atoms with van der Waals surface area (Å²) in [7, 11) is 0. The summed E-state index contributed by atoms with van der Waals surface area (Å²) in [6.45, 7) is 2.23. The number of rotatable bonds is 5. The van der Waals surface area contributed by atoms with E-state index in [1.165, 1.54) is 0 Å². The third-order valence-electron chi connectivity index (χ3n) is 2.05. The highest BCUT2D eigenvalue weighted by molar-refractivity contribution is 5.78. The highest BCUT2D eigenvalue weighted by atomic mass is 16.1. The number of carbonyl (C=O) groups excluding carboxylic acids is 1. The van der Waals surface area contributed by atoms with Crippen molar-refractivity contribution >= 4 is 12.0 Å². The van der Waals surface area contributed by atoms with Crippen molar-refractivity contribution in [3.8, 4) is 0 Å². The van der Waals surface area contributed by atoms with Crippen molar-refractivity contribution in [1.29, 1.82) is 0 Å². The van der Waals surface area contributed by atoms with Crippen LogP contribution in [0, 0.1) is 0 Å². The second-order valence-corrected chi connectivity index (χ2v) is 3.57. The van der Waals surface area contributed by atoms with Crippen molar-refractivity contribution in [3.63, 3.8) is 0 Å². The fourth-order valence-electron chi connectivity index (χ4n) is 1.27. The Morgan fingerprint density at radius 3 is 2.82 bits per heavy atom. The first-order chi connectivity index (χ1) is 8.22. The third-order valence-corrected chi connectivity index (χ3v) is 2.05. The Hall–Kier alpha value is -2.26. The van der Waals surface area contributed by atoms with Gasteiger partial charge in [0.2, 0.25) is 5.91 Å². The summed E-state index contributed by atoms with van der Waals surface area (Å²) in [6, 6.07) is 9.85. The number of hydrogen-bond donors (Lipinski definition) is 1. The SMILES string of the molecule is C/C(=C\c1ccccc1)CNC(=O)CN=[N+]=[N-]. The Kier molecular flexibility index (Phi) is 5.34. The molecule has 1 aromatic rings. The van der Waals surface area contributed by atoms with Crippen LogP contribution < -0.4 is 5.32 Å². The highest BCUT2D eigenvalue weighted by Crippen LogP contribution is 2.04. The summed E-state index contributed by atoms with van der Waals surface area (Å²) in [5, 5.41) is 5.85. The fourth-order valence-corrected chi connectivity index (χ4v) is 1.27. The summed E-state index contributed by atoms with van der Waals surface area (Å²) in [5.41, 5.74) is 10.2. The number of benzene rings is 1. The Bertz CT molecular complexity index is 447. The van der Waals surface area contributed by atoms with E-state index >= 15 is 0 Å². The van der Waals surface area contributed by atoms with Gasteiger partial charge < -0.3 is 5.32 Å². The molecule has 0 fully saturated rings. The third kappa shape index (κ3) is 5.39. The van der Waals surface area contributed by atoms with E-state index in [4.69, 9.17) is 5.53 Å². The van der Waals surface area contributed by atoms with Crippen LogP contribution in [-0.4, -0.2) is 19.0 Å². The molecule has 0 aliphatic rings. The summed E-state index contributed by atoms with van der Waals surface area (Å²) in [4.78, 5) is 13.7. The minimum Gasteiger partial charge on any atom is -0.352 e. The van der Waals surface area contributed by atoms with Crippen molar-refractivity contribution in [3.05, 3.63) is 51.9 Å². The lowest BCUT2D eigenvalue weighted by Crippen LogP contribution is -2.26. The number of carbonyl (C=O) groups is 1. The molecule has 0 aromatic heterocycles. The largest absolute Gasteiger partial charge is 0.352 e. The van der Waals surface area contributed by atoms with Crippen LogP contribution in [0.15, 0.2) is 41.0 Å². The summed E-state index contributed by atoms with van der Waals surface area (Å²) < 4.78 is 0. The van der Waals surface area contributed by atoms with E-state index < -0.39 is 0 Å². The molecule has 5 nitrogen and oxygen atoms in total. The van der Waals surface area contributed by atoms with Gasteiger partial charge in [0.05, 0.1) is 0 Å². The fraction of sp³-hybridized carbons (Fsp3) is 0.250. The maximum absolute atomic E-state index is 11.2. The van der Waals surface area contributed by atoms with Gasteiger partial charge in [0.15, 0.2) is 0 Å². The van der Waals surface area contributed by atoms with E-state index in [9.17, 15) is 4.79 Å². The molecule has 0 radical (unpaired) electrons. The predicted molar refractivity (Wildman–Crippen MR) is 67.1 cm³/mol. The Morgan fingerprint density at radius 1 is 1.47 bits per heavy atom. The molecule has 0 bridgehead atoms. The summed E-state index contributed by atoms with van der Waals surface area (Å²) >= 11 is 0. The highest BCUT2D eigenvalue weighted by Gasteiger charge is 1.98. The summed E-state index contributed by atoms with van der Waals surface area (Å²) in [6.07, 6.45) is 1.99. The first kappa shape index (κ1) is 12.8. The van der Waals surface area contributed by atoms with Crippen molar-refractivity contribution < 1.29 is 4.79 Å². The second-order valence-electron chi connectivity index (χ2n) is 3.57. The van der Waals surface area contributed by atoms with Gasteiger partial charge in [-0.15, -0.1) is 0 Å². The zero-order valence-electron chi connectivity index (χ0n) is 9.63. The van der Waals surface area contributed by atoms with Gasteiger partial charge in [-0.3, -0.25) is 4.79 Å². The lowest BCUT2D eigenvalue weighted by Gasteiger charge is -2.03. The van der Waals surface area contributed by atoms with Gasteiger partial charge in [0.25, 0.3) is 0 Å². The standard InChI is InChI=1S/C12H14N4O/c1-10(7-11-5-3-2-4-6-11)8-14-12(17)9-15-16-13/h2-7H,8-9H2,1H3,(H,14,17)/b10-7+. The van der Waals surface area contributed by atoms with Crippen molar-refractivity contribution in [1.82, 2.24) is 5.32 Å². The number of amides is 1. The van der Waals surface area contributed by atoms with Crippen LogP contribution in [-0.2, 0) is 4.79 Å². The molecular formula is C12H14N4O. The Labute approximate surface area is 99.8 Å². The molecular weight excluding hydrogens is 216 g/mol. The van der Waals surface area contributed by atoms with Gasteiger partial charge in [-0.05, 0) is 18.0 Å². The minimum atomic E-state index is -0.274. The maximum Gasteiger partial charge on any atom is 0.226 e.